The van der Waals surface area contributed by atoms with Gasteiger partial charge in [0.05, 0.1) is 5.39 Å². The van der Waals surface area contributed by atoms with E-state index >= 15 is 0 Å². The Balaban J connectivity index is 2.11. The lowest BCUT2D eigenvalue weighted by atomic mass is 9.89. The van der Waals surface area contributed by atoms with Crippen molar-refractivity contribution >= 4 is 39.0 Å². The molecule has 98 valence electrons. The van der Waals surface area contributed by atoms with E-state index in [0.717, 1.165) is 28.0 Å². The maximum absolute atomic E-state index is 4.79. The van der Waals surface area contributed by atoms with E-state index in [0.29, 0.717) is 0 Å². The van der Waals surface area contributed by atoms with Gasteiger partial charge in [-0.3, -0.25) is 4.40 Å². The molecule has 1 aliphatic carbocycles. The Kier molecular flexibility index (Phi) is 2.57. The molecule has 3 aromatic rings. The minimum absolute atomic E-state index is 0.787. The third-order valence-electron chi connectivity index (χ3n) is 3.85. The van der Waals surface area contributed by atoms with E-state index in [4.69, 9.17) is 4.98 Å². The van der Waals surface area contributed by atoms with Crippen LogP contribution in [0.4, 0.5) is 0 Å². The fourth-order valence-electron chi connectivity index (χ4n) is 2.88. The summed E-state index contributed by atoms with van der Waals surface area (Å²) in [5.41, 5.74) is 2.44. The second-order valence-corrected chi connectivity index (χ2v) is 7.01. The van der Waals surface area contributed by atoms with Gasteiger partial charge in [0.25, 0.3) is 0 Å². The van der Waals surface area contributed by atoms with Crippen LogP contribution in [-0.4, -0.2) is 25.8 Å². The maximum atomic E-state index is 4.79. The zero-order chi connectivity index (χ0) is 13.0. The Hall–Kier alpha value is -1.14. The summed E-state index contributed by atoms with van der Waals surface area (Å²) in [6.07, 6.45) is 7.42. The molecule has 6 heteroatoms. The number of thioether (sulfide) groups is 1. The van der Waals surface area contributed by atoms with Crippen LogP contribution in [0.5, 0.6) is 0 Å². The average Bonchev–Trinajstić information content (AvgIpc) is 2.99. The van der Waals surface area contributed by atoms with E-state index in [1.807, 2.05) is 22.0 Å². The quantitative estimate of drug-likeness (QED) is 0.510. The fraction of sp³-hybridized carbons (Fsp3) is 0.462. The molecule has 0 amide bonds. The summed E-state index contributed by atoms with van der Waals surface area (Å²) in [7, 11) is 0. The van der Waals surface area contributed by atoms with Crippen LogP contribution in [0.2, 0.25) is 0 Å². The number of nitrogens with zero attached hydrogens (tertiary/aromatic N) is 4. The van der Waals surface area contributed by atoms with Crippen LogP contribution in [0.1, 0.15) is 23.8 Å². The van der Waals surface area contributed by atoms with E-state index in [1.54, 1.807) is 18.1 Å². The summed E-state index contributed by atoms with van der Waals surface area (Å²) in [6, 6.07) is 0. The van der Waals surface area contributed by atoms with Gasteiger partial charge in [0.2, 0.25) is 0 Å². The van der Waals surface area contributed by atoms with Crippen LogP contribution in [0.3, 0.4) is 0 Å². The van der Waals surface area contributed by atoms with Gasteiger partial charge in [0.15, 0.2) is 10.8 Å². The van der Waals surface area contributed by atoms with Gasteiger partial charge in [-0.15, -0.1) is 21.5 Å². The molecule has 4 rings (SSSR count). The summed E-state index contributed by atoms with van der Waals surface area (Å²) >= 11 is 3.49. The average molecular weight is 290 g/mol. The number of hydrogen-bond donors (Lipinski definition) is 0. The highest BCUT2D eigenvalue weighted by atomic mass is 32.2. The van der Waals surface area contributed by atoms with Crippen LogP contribution < -0.4 is 0 Å². The van der Waals surface area contributed by atoms with Gasteiger partial charge in [-0.05, 0) is 37.0 Å². The summed E-state index contributed by atoms with van der Waals surface area (Å²) in [5.74, 6) is 0.787. The molecule has 0 aromatic carbocycles. The molecule has 3 heterocycles. The molecule has 0 saturated carbocycles. The lowest BCUT2D eigenvalue weighted by Crippen LogP contribution is -2.08. The number of fused-ring (bicyclic) bond motifs is 5. The number of hydrogen-bond acceptors (Lipinski definition) is 5. The Morgan fingerprint density at radius 1 is 1.47 bits per heavy atom. The molecular formula is C13H14N4S2. The Bertz CT molecular complexity index is 774. The highest BCUT2D eigenvalue weighted by Crippen LogP contribution is 2.39. The predicted octanol–water partition coefficient (Wildman–Crippen LogP) is 3.19. The van der Waals surface area contributed by atoms with Crippen molar-refractivity contribution in [3.05, 3.63) is 16.8 Å². The molecule has 0 aliphatic heterocycles. The van der Waals surface area contributed by atoms with Crippen LogP contribution in [-0.2, 0) is 12.8 Å². The van der Waals surface area contributed by atoms with Crippen molar-refractivity contribution in [1.82, 2.24) is 19.6 Å². The summed E-state index contributed by atoms with van der Waals surface area (Å²) in [6.45, 7) is 2.33. The molecule has 4 nitrogen and oxygen atoms in total. The molecule has 1 atom stereocenters. The zero-order valence-corrected chi connectivity index (χ0v) is 12.5. The van der Waals surface area contributed by atoms with E-state index in [1.165, 1.54) is 28.7 Å². The molecule has 0 spiro atoms. The summed E-state index contributed by atoms with van der Waals surface area (Å²) in [4.78, 5) is 7.42. The van der Waals surface area contributed by atoms with Crippen LogP contribution in [0, 0.1) is 5.92 Å². The first-order valence-electron chi connectivity index (χ1n) is 6.46. The Morgan fingerprint density at radius 2 is 2.37 bits per heavy atom. The van der Waals surface area contributed by atoms with E-state index in [9.17, 15) is 0 Å². The molecule has 0 N–H and O–H groups in total. The molecular weight excluding hydrogens is 276 g/mol. The molecule has 0 saturated heterocycles. The highest BCUT2D eigenvalue weighted by molar-refractivity contribution is 7.98. The van der Waals surface area contributed by atoms with Crippen molar-refractivity contribution in [1.29, 1.82) is 0 Å². The number of aromatic nitrogens is 4. The summed E-state index contributed by atoms with van der Waals surface area (Å²) in [5, 5.41) is 10.6. The third-order valence-corrected chi connectivity index (χ3v) is 5.65. The first-order valence-corrected chi connectivity index (χ1v) is 8.50. The van der Waals surface area contributed by atoms with Gasteiger partial charge >= 0.3 is 0 Å². The number of rotatable bonds is 1. The lowest BCUT2D eigenvalue weighted by Gasteiger charge is -2.17. The molecule has 0 bridgehead atoms. The van der Waals surface area contributed by atoms with E-state index < -0.39 is 0 Å². The molecule has 1 aliphatic rings. The first kappa shape index (κ1) is 11.7. The maximum Gasteiger partial charge on any atom is 0.176 e. The number of thiophene rings is 1. The van der Waals surface area contributed by atoms with E-state index in [-0.39, 0.29) is 0 Å². The van der Waals surface area contributed by atoms with Crippen molar-refractivity contribution in [3.63, 3.8) is 0 Å². The highest BCUT2D eigenvalue weighted by Gasteiger charge is 2.23. The van der Waals surface area contributed by atoms with Crippen molar-refractivity contribution < 1.29 is 0 Å². The summed E-state index contributed by atoms with van der Waals surface area (Å²) < 4.78 is 2.01. The van der Waals surface area contributed by atoms with Gasteiger partial charge in [-0.2, -0.15) is 0 Å². The van der Waals surface area contributed by atoms with Gasteiger partial charge in [0.1, 0.15) is 11.2 Å². The van der Waals surface area contributed by atoms with Crippen LogP contribution in [0.15, 0.2) is 11.5 Å². The largest absolute Gasteiger partial charge is 0.259 e. The van der Waals surface area contributed by atoms with Crippen molar-refractivity contribution in [2.45, 2.75) is 31.3 Å². The minimum atomic E-state index is 0.787. The van der Waals surface area contributed by atoms with Crippen LogP contribution >= 0.6 is 23.1 Å². The minimum Gasteiger partial charge on any atom is -0.259 e. The molecule has 0 unspecified atom stereocenters. The Labute approximate surface area is 119 Å². The van der Waals surface area contributed by atoms with Crippen LogP contribution in [0.25, 0.3) is 15.9 Å². The molecule has 0 radical (unpaired) electrons. The van der Waals surface area contributed by atoms with Crippen molar-refractivity contribution in [2.24, 2.45) is 5.92 Å². The van der Waals surface area contributed by atoms with Gasteiger partial charge in [-0.1, -0.05) is 18.7 Å². The predicted molar refractivity (Wildman–Crippen MR) is 79.1 cm³/mol. The second kappa shape index (κ2) is 4.18. The fourth-order valence-corrected chi connectivity index (χ4v) is 4.82. The normalized spacial score (nSPS) is 19.2. The zero-order valence-electron chi connectivity index (χ0n) is 10.9. The molecule has 0 fully saturated rings. The number of aryl methyl sites for hydroxylation is 1. The first-order chi connectivity index (χ1) is 9.28. The van der Waals surface area contributed by atoms with Gasteiger partial charge in [0, 0.05) is 4.88 Å². The van der Waals surface area contributed by atoms with E-state index in [2.05, 4.69) is 17.1 Å². The second-order valence-electron chi connectivity index (χ2n) is 5.15. The molecule has 19 heavy (non-hydrogen) atoms. The van der Waals surface area contributed by atoms with Crippen molar-refractivity contribution in [3.8, 4) is 0 Å². The third kappa shape index (κ3) is 1.63. The monoisotopic (exact) mass is 290 g/mol. The topological polar surface area (TPSA) is 43.1 Å². The Morgan fingerprint density at radius 3 is 3.21 bits per heavy atom. The van der Waals surface area contributed by atoms with Gasteiger partial charge in [-0.25, -0.2) is 4.98 Å². The smallest absolute Gasteiger partial charge is 0.176 e. The lowest BCUT2D eigenvalue weighted by molar-refractivity contribution is 0.509. The van der Waals surface area contributed by atoms with Crippen molar-refractivity contribution in [2.75, 3.05) is 6.26 Å². The standard InChI is InChI=1S/C13H14N4S2/c1-7-3-4-8-9(5-7)19-12-10(8)11-16-14-6-17(11)13(15-12)18-2/h6-7H,3-5H2,1-2H3/t7-/m0/s1. The molecule has 3 aromatic heterocycles. The SMILES string of the molecule is CSc1nc2sc3c(c2c2nncn12)CC[C@H](C)C3. The van der Waals surface area contributed by atoms with Gasteiger partial charge < -0.3 is 0 Å².